The summed E-state index contributed by atoms with van der Waals surface area (Å²) >= 11 is 6.10. The summed E-state index contributed by atoms with van der Waals surface area (Å²) in [5.41, 5.74) is 3.74. The van der Waals surface area contributed by atoms with Gasteiger partial charge in [0.2, 0.25) is 0 Å². The van der Waals surface area contributed by atoms with E-state index in [4.69, 9.17) is 21.1 Å². The van der Waals surface area contributed by atoms with Gasteiger partial charge in [-0.1, -0.05) is 67.3 Å². The lowest BCUT2D eigenvalue weighted by molar-refractivity contribution is 0.216. The summed E-state index contributed by atoms with van der Waals surface area (Å²) in [6.07, 6.45) is 11.4. The predicted molar refractivity (Wildman–Crippen MR) is 111 cm³/mol. The van der Waals surface area contributed by atoms with E-state index in [0.29, 0.717) is 6.61 Å². The van der Waals surface area contributed by atoms with Gasteiger partial charge < -0.3 is 9.47 Å². The minimum atomic E-state index is 0.172. The maximum atomic E-state index is 6.10. The van der Waals surface area contributed by atoms with Crippen molar-refractivity contribution in [3.63, 3.8) is 0 Å². The molecule has 0 bridgehead atoms. The fourth-order valence-corrected chi connectivity index (χ4v) is 3.99. The molecule has 0 heterocycles. The van der Waals surface area contributed by atoms with Crippen molar-refractivity contribution in [3.8, 4) is 0 Å². The van der Waals surface area contributed by atoms with Crippen LogP contribution in [0.5, 0.6) is 0 Å². The molecule has 2 rings (SSSR count). The summed E-state index contributed by atoms with van der Waals surface area (Å²) in [5, 5.41) is 0.794. The zero-order chi connectivity index (χ0) is 19.0. The van der Waals surface area contributed by atoms with Gasteiger partial charge in [-0.2, -0.15) is 0 Å². The van der Waals surface area contributed by atoms with Gasteiger partial charge in [-0.25, -0.2) is 0 Å². The van der Waals surface area contributed by atoms with Gasteiger partial charge in [-0.15, -0.1) is 0 Å². The molecular formula is C23H31ClO2. The molecule has 0 atom stereocenters. The van der Waals surface area contributed by atoms with Gasteiger partial charge in [0.15, 0.2) is 0 Å². The molecule has 0 aromatic heterocycles. The number of rotatable bonds is 8. The SMILES string of the molecule is C=C(/C=C\C(COC)=C(/C)OC)CC1(c2ccc(Cl)cc2)CCCCC1. The van der Waals surface area contributed by atoms with Crippen molar-refractivity contribution >= 4 is 11.6 Å². The third-order valence-electron chi connectivity index (χ3n) is 5.41. The third kappa shape index (κ3) is 5.49. The molecule has 2 nitrogen and oxygen atoms in total. The molecule has 26 heavy (non-hydrogen) atoms. The fraction of sp³-hybridized carbons (Fsp3) is 0.478. The highest BCUT2D eigenvalue weighted by Crippen LogP contribution is 2.44. The van der Waals surface area contributed by atoms with Crippen LogP contribution in [0.1, 0.15) is 51.0 Å². The van der Waals surface area contributed by atoms with E-state index >= 15 is 0 Å². The zero-order valence-electron chi connectivity index (χ0n) is 16.3. The molecular weight excluding hydrogens is 344 g/mol. The first-order valence-electron chi connectivity index (χ1n) is 9.35. The maximum absolute atomic E-state index is 6.10. The number of hydrogen-bond donors (Lipinski definition) is 0. The molecule has 0 N–H and O–H groups in total. The monoisotopic (exact) mass is 374 g/mol. The first-order chi connectivity index (χ1) is 12.5. The van der Waals surface area contributed by atoms with Gasteiger partial charge in [0.25, 0.3) is 0 Å². The van der Waals surface area contributed by atoms with Gasteiger partial charge in [-0.05, 0) is 49.3 Å². The molecule has 0 radical (unpaired) electrons. The summed E-state index contributed by atoms with van der Waals surface area (Å²) in [7, 11) is 3.38. The summed E-state index contributed by atoms with van der Waals surface area (Å²) in [4.78, 5) is 0. The van der Waals surface area contributed by atoms with Crippen molar-refractivity contribution in [1.29, 1.82) is 0 Å². The third-order valence-corrected chi connectivity index (χ3v) is 5.66. The second kappa shape index (κ2) is 9.99. The quantitative estimate of drug-likeness (QED) is 0.376. The number of ether oxygens (including phenoxy) is 2. The lowest BCUT2D eigenvalue weighted by atomic mass is 9.66. The second-order valence-electron chi connectivity index (χ2n) is 7.23. The summed E-state index contributed by atoms with van der Waals surface area (Å²) < 4.78 is 10.6. The molecule has 0 amide bonds. The van der Waals surface area contributed by atoms with Crippen LogP contribution in [0.15, 0.2) is 59.9 Å². The van der Waals surface area contributed by atoms with Crippen LogP contribution >= 0.6 is 11.6 Å². The molecule has 1 aliphatic rings. The highest BCUT2D eigenvalue weighted by atomic mass is 35.5. The highest BCUT2D eigenvalue weighted by Gasteiger charge is 2.33. The van der Waals surface area contributed by atoms with Crippen molar-refractivity contribution in [2.45, 2.75) is 50.9 Å². The summed E-state index contributed by atoms with van der Waals surface area (Å²) in [6.45, 7) is 6.83. The molecule has 0 unspecified atom stereocenters. The topological polar surface area (TPSA) is 18.5 Å². The Kier molecular flexibility index (Phi) is 7.99. The first-order valence-corrected chi connectivity index (χ1v) is 9.73. The smallest absolute Gasteiger partial charge is 0.0979 e. The zero-order valence-corrected chi connectivity index (χ0v) is 17.1. The molecule has 1 fully saturated rings. The molecule has 0 saturated heterocycles. The summed E-state index contributed by atoms with van der Waals surface area (Å²) in [6, 6.07) is 8.40. The van der Waals surface area contributed by atoms with Gasteiger partial charge in [0, 0.05) is 17.7 Å². The van der Waals surface area contributed by atoms with Crippen LogP contribution in [0.4, 0.5) is 0 Å². The Hall–Kier alpha value is -1.51. The predicted octanol–water partition coefficient (Wildman–Crippen LogP) is 6.61. The van der Waals surface area contributed by atoms with Gasteiger partial charge in [-0.3, -0.25) is 0 Å². The number of hydrogen-bond acceptors (Lipinski definition) is 2. The Morgan fingerprint density at radius 3 is 2.35 bits per heavy atom. The molecule has 142 valence electrons. The minimum absolute atomic E-state index is 0.172. The summed E-state index contributed by atoms with van der Waals surface area (Å²) in [5.74, 6) is 0.876. The molecule has 1 aliphatic carbocycles. The van der Waals surface area contributed by atoms with Crippen molar-refractivity contribution in [1.82, 2.24) is 0 Å². The number of allylic oxidation sites excluding steroid dienone is 3. The second-order valence-corrected chi connectivity index (χ2v) is 7.67. The van der Waals surface area contributed by atoms with E-state index in [2.05, 4.69) is 30.9 Å². The van der Waals surface area contributed by atoms with E-state index in [9.17, 15) is 0 Å². The Balaban J connectivity index is 2.19. The number of halogens is 1. The average molecular weight is 375 g/mol. The highest BCUT2D eigenvalue weighted by molar-refractivity contribution is 6.30. The molecule has 1 aromatic rings. The normalized spacial score (nSPS) is 17.8. The van der Waals surface area contributed by atoms with Crippen LogP contribution in [-0.2, 0) is 14.9 Å². The van der Waals surface area contributed by atoms with Crippen LogP contribution < -0.4 is 0 Å². The Bertz CT molecular complexity index is 649. The lowest BCUT2D eigenvalue weighted by Gasteiger charge is -2.38. The van der Waals surface area contributed by atoms with Crippen LogP contribution in [0.3, 0.4) is 0 Å². The van der Waals surface area contributed by atoms with Crippen LogP contribution in [0, 0.1) is 0 Å². The number of benzene rings is 1. The van der Waals surface area contributed by atoms with E-state index in [1.165, 1.54) is 37.7 Å². The lowest BCUT2D eigenvalue weighted by Crippen LogP contribution is -2.29. The molecule has 1 aromatic carbocycles. The fourth-order valence-electron chi connectivity index (χ4n) is 3.87. The minimum Gasteiger partial charge on any atom is -0.501 e. The van der Waals surface area contributed by atoms with E-state index < -0.39 is 0 Å². The van der Waals surface area contributed by atoms with Crippen LogP contribution in [0.2, 0.25) is 5.02 Å². The maximum Gasteiger partial charge on any atom is 0.0979 e. The molecule has 3 heteroatoms. The van der Waals surface area contributed by atoms with E-state index in [1.807, 2.05) is 19.1 Å². The Morgan fingerprint density at radius 2 is 1.77 bits per heavy atom. The molecule has 0 aliphatic heterocycles. The first kappa shape index (κ1) is 20.8. The van der Waals surface area contributed by atoms with Crippen molar-refractivity contribution in [2.75, 3.05) is 20.8 Å². The standard InChI is InChI=1S/C23H31ClO2/c1-18(8-9-20(17-25-3)19(2)26-4)16-23(14-6-5-7-15-23)21-10-12-22(24)13-11-21/h8-13H,1,5-7,14-17H2,2-4H3/b9-8-,20-19-. The van der Waals surface area contributed by atoms with Gasteiger partial charge in [0.1, 0.15) is 0 Å². The van der Waals surface area contributed by atoms with E-state index in [-0.39, 0.29) is 5.41 Å². The Labute approximate surface area is 163 Å². The molecule has 0 spiro atoms. The van der Waals surface area contributed by atoms with E-state index in [1.54, 1.807) is 14.2 Å². The van der Waals surface area contributed by atoms with Crippen LogP contribution in [0.25, 0.3) is 0 Å². The van der Waals surface area contributed by atoms with Crippen molar-refractivity contribution in [2.24, 2.45) is 0 Å². The Morgan fingerprint density at radius 1 is 1.12 bits per heavy atom. The van der Waals surface area contributed by atoms with Crippen molar-refractivity contribution in [3.05, 3.63) is 70.5 Å². The van der Waals surface area contributed by atoms with Gasteiger partial charge >= 0.3 is 0 Å². The van der Waals surface area contributed by atoms with Crippen LogP contribution in [-0.4, -0.2) is 20.8 Å². The largest absolute Gasteiger partial charge is 0.501 e. The number of methoxy groups -OCH3 is 2. The van der Waals surface area contributed by atoms with Gasteiger partial charge in [0.05, 0.1) is 19.5 Å². The molecule has 1 saturated carbocycles. The average Bonchev–Trinajstić information content (AvgIpc) is 2.65. The van der Waals surface area contributed by atoms with E-state index in [0.717, 1.165) is 28.3 Å². The van der Waals surface area contributed by atoms with Crippen molar-refractivity contribution < 1.29 is 9.47 Å².